The van der Waals surface area contributed by atoms with Crippen molar-refractivity contribution in [2.24, 2.45) is 0 Å². The lowest BCUT2D eigenvalue weighted by atomic mass is 10.0. The lowest BCUT2D eigenvalue weighted by molar-refractivity contribution is 0.300. The van der Waals surface area contributed by atoms with Crippen LogP contribution in [0.25, 0.3) is 10.8 Å². The Bertz CT molecular complexity index is 705. The molecule has 0 spiro atoms. The summed E-state index contributed by atoms with van der Waals surface area (Å²) >= 11 is 0. The van der Waals surface area contributed by atoms with Crippen molar-refractivity contribution in [1.82, 2.24) is 0 Å². The summed E-state index contributed by atoms with van der Waals surface area (Å²) in [7, 11) is -2.40. The minimum atomic E-state index is -2.40. The molecular weight excluding hydrogens is 258 g/mol. The van der Waals surface area contributed by atoms with Gasteiger partial charge in [-0.2, -0.15) is 0 Å². The van der Waals surface area contributed by atoms with Gasteiger partial charge in [-0.3, -0.25) is 0 Å². The van der Waals surface area contributed by atoms with Crippen molar-refractivity contribution in [3.8, 4) is 0 Å². The molecule has 3 nitrogen and oxygen atoms in total. The van der Waals surface area contributed by atoms with Gasteiger partial charge in [-0.05, 0) is 35.4 Å². The van der Waals surface area contributed by atoms with Gasteiger partial charge in [-0.1, -0.05) is 32.0 Å². The summed E-state index contributed by atoms with van der Waals surface area (Å²) in [5, 5.41) is 11.1. The molecule has 1 aliphatic heterocycles. The minimum absolute atomic E-state index is 0.117. The molecule has 0 bridgehead atoms. The fraction of sp³-hybridized carbons (Fsp3) is 0.267. The Balaban J connectivity index is 0.000000637. The molecule has 0 saturated carbocycles. The smallest absolute Gasteiger partial charge is 0.0745 e. The Hall–Kier alpha value is -1.52. The normalized spacial score (nSPS) is 19.7. The average Bonchev–Trinajstić information content (AvgIpc) is 2.68. The Morgan fingerprint density at radius 2 is 2.00 bits per heavy atom. The van der Waals surface area contributed by atoms with E-state index in [0.717, 1.165) is 26.9 Å². The van der Waals surface area contributed by atoms with Crippen molar-refractivity contribution in [2.45, 2.75) is 25.2 Å². The fourth-order valence-electron chi connectivity index (χ4n) is 2.37. The molecular formula is C15H19NO2S. The molecule has 4 heteroatoms. The maximum atomic E-state index is 12.3. The highest BCUT2D eigenvalue weighted by Crippen LogP contribution is 2.38. The quantitative estimate of drug-likeness (QED) is 0.829. The summed E-state index contributed by atoms with van der Waals surface area (Å²) in [6.45, 7) is 4.12. The molecule has 0 amide bonds. The van der Waals surface area contributed by atoms with E-state index in [0.29, 0.717) is 6.42 Å². The summed E-state index contributed by atoms with van der Waals surface area (Å²) in [6, 6.07) is 9.61. The van der Waals surface area contributed by atoms with Crippen LogP contribution in [0.5, 0.6) is 0 Å². The van der Waals surface area contributed by atoms with Crippen LogP contribution in [0.2, 0.25) is 0 Å². The van der Waals surface area contributed by atoms with Crippen LogP contribution in [-0.4, -0.2) is 21.8 Å². The van der Waals surface area contributed by atoms with E-state index in [1.807, 2.05) is 44.2 Å². The van der Waals surface area contributed by atoms with E-state index in [9.17, 15) is 4.21 Å². The van der Waals surface area contributed by atoms with E-state index in [4.69, 9.17) is 5.11 Å². The van der Waals surface area contributed by atoms with Gasteiger partial charge < -0.3 is 9.83 Å². The molecule has 2 N–H and O–H groups in total. The molecule has 1 aliphatic rings. The summed E-state index contributed by atoms with van der Waals surface area (Å²) in [5.41, 5.74) is 1.95. The Morgan fingerprint density at radius 1 is 1.26 bits per heavy atom. The van der Waals surface area contributed by atoms with Gasteiger partial charge in [-0.25, -0.2) is 4.21 Å². The molecule has 2 aromatic rings. The molecule has 1 heterocycles. The molecule has 0 saturated heterocycles. The summed E-state index contributed by atoms with van der Waals surface area (Å²) in [5.74, 6) is 3.75. The molecule has 0 aromatic heterocycles. The van der Waals surface area contributed by atoms with Crippen LogP contribution in [0.4, 0.5) is 5.69 Å². The third-order valence-electron chi connectivity index (χ3n) is 3.10. The molecule has 1 unspecified atom stereocenters. The maximum Gasteiger partial charge on any atom is 0.0745 e. The second kappa shape index (κ2) is 5.23. The zero-order chi connectivity index (χ0) is 14.0. The number of hydrogen-bond donors (Lipinski definition) is 2. The van der Waals surface area contributed by atoms with Gasteiger partial charge >= 0.3 is 0 Å². The predicted octanol–water partition coefficient (Wildman–Crippen LogP) is 2.82. The number of hydrogen-bond acceptors (Lipinski definition) is 2. The highest BCUT2D eigenvalue weighted by atomic mass is 32.2. The lowest BCUT2D eigenvalue weighted by Gasteiger charge is -2.06. The van der Waals surface area contributed by atoms with Gasteiger partial charge in [0, 0.05) is 12.0 Å². The molecule has 0 aliphatic carbocycles. The van der Waals surface area contributed by atoms with Crippen molar-refractivity contribution in [1.29, 1.82) is 0 Å². The largest absolute Gasteiger partial charge is 0.396 e. The molecule has 1 atom stereocenters. The summed E-state index contributed by atoms with van der Waals surface area (Å²) in [4.78, 5) is 0.768. The Morgan fingerprint density at radius 3 is 2.68 bits per heavy atom. The zero-order valence-electron chi connectivity index (χ0n) is 11.3. The van der Waals surface area contributed by atoms with E-state index in [-0.39, 0.29) is 6.61 Å². The van der Waals surface area contributed by atoms with Gasteiger partial charge in [0.2, 0.25) is 0 Å². The topological polar surface area (TPSA) is 49.3 Å². The second-order valence-corrected chi connectivity index (χ2v) is 6.20. The highest BCUT2D eigenvalue weighted by Gasteiger charge is 2.23. The van der Waals surface area contributed by atoms with Crippen LogP contribution in [0.3, 0.4) is 0 Å². The van der Waals surface area contributed by atoms with Crippen LogP contribution in [0, 0.1) is 0 Å². The highest BCUT2D eigenvalue weighted by molar-refractivity contribution is 8.02. The molecule has 102 valence electrons. The Kier molecular flexibility index (Phi) is 3.83. The number of benzene rings is 2. The molecule has 0 radical (unpaired) electrons. The monoisotopic (exact) mass is 277 g/mol. The minimum Gasteiger partial charge on any atom is -0.396 e. The third kappa shape index (κ3) is 2.22. The summed E-state index contributed by atoms with van der Waals surface area (Å²) < 4.78 is 15.3. The van der Waals surface area contributed by atoms with Gasteiger partial charge in [0.25, 0.3) is 0 Å². The van der Waals surface area contributed by atoms with E-state index >= 15 is 0 Å². The van der Waals surface area contributed by atoms with Crippen LogP contribution in [0.15, 0.2) is 35.2 Å². The van der Waals surface area contributed by atoms with Crippen molar-refractivity contribution in [2.75, 3.05) is 11.3 Å². The first-order valence-corrected chi connectivity index (χ1v) is 8.17. The number of rotatable bonds is 2. The van der Waals surface area contributed by atoms with Crippen molar-refractivity contribution in [3.05, 3.63) is 35.9 Å². The van der Waals surface area contributed by atoms with E-state index in [1.165, 1.54) is 0 Å². The molecule has 0 fully saturated rings. The van der Waals surface area contributed by atoms with Gasteiger partial charge in [0.15, 0.2) is 0 Å². The standard InChI is InChI=1S/C13H13NO2S.C2H6/c1-17(16)12-6-5-9(7-8-15)10-3-2-4-11(14-17)13(10)12;1-2/h2-6,15H,1,7-8H2,(H,14,16);1-2H3. The van der Waals surface area contributed by atoms with Crippen LogP contribution in [-0.2, 0) is 16.1 Å². The fourth-order valence-corrected chi connectivity index (χ4v) is 3.84. The van der Waals surface area contributed by atoms with Gasteiger partial charge in [0.05, 0.1) is 20.3 Å². The van der Waals surface area contributed by atoms with E-state index in [1.54, 1.807) is 0 Å². The van der Waals surface area contributed by atoms with Gasteiger partial charge in [0.1, 0.15) is 0 Å². The molecule has 2 aromatic carbocycles. The number of nitrogens with one attached hydrogen (secondary N) is 1. The predicted molar refractivity (Wildman–Crippen MR) is 83.2 cm³/mol. The van der Waals surface area contributed by atoms with Crippen LogP contribution >= 0.6 is 0 Å². The zero-order valence-corrected chi connectivity index (χ0v) is 12.1. The summed E-state index contributed by atoms with van der Waals surface area (Å²) in [6.07, 6.45) is 0.610. The lowest BCUT2D eigenvalue weighted by Crippen LogP contribution is -2.05. The molecule has 3 rings (SSSR count). The van der Waals surface area contributed by atoms with Crippen molar-refractivity contribution < 1.29 is 9.32 Å². The van der Waals surface area contributed by atoms with Gasteiger partial charge in [-0.15, -0.1) is 0 Å². The van der Waals surface area contributed by atoms with Crippen LogP contribution in [0.1, 0.15) is 19.4 Å². The first-order valence-electron chi connectivity index (χ1n) is 6.44. The average molecular weight is 277 g/mol. The SMILES string of the molecule is C=S1(=O)Nc2cccc3c(CCO)ccc1c23.CC. The van der Waals surface area contributed by atoms with E-state index in [2.05, 4.69) is 10.6 Å². The maximum absolute atomic E-state index is 12.3. The Labute approximate surface area is 114 Å². The molecule has 19 heavy (non-hydrogen) atoms. The van der Waals surface area contributed by atoms with Crippen LogP contribution < -0.4 is 4.72 Å². The van der Waals surface area contributed by atoms with E-state index < -0.39 is 9.71 Å². The second-order valence-electron chi connectivity index (χ2n) is 4.20. The number of aliphatic hydroxyl groups is 1. The third-order valence-corrected chi connectivity index (χ3v) is 4.70. The van der Waals surface area contributed by atoms with Crippen molar-refractivity contribution in [3.63, 3.8) is 0 Å². The number of aliphatic hydroxyl groups excluding tert-OH is 1. The van der Waals surface area contributed by atoms with Crippen molar-refractivity contribution >= 4 is 32.0 Å². The first kappa shape index (κ1) is 13.9. The number of anilines is 1. The first-order chi connectivity index (χ1) is 9.13.